The van der Waals surface area contributed by atoms with E-state index in [-0.39, 0.29) is 0 Å². The Bertz CT molecular complexity index is 572. The molecule has 2 aromatic carbocycles. The third kappa shape index (κ3) is 3.40. The van der Waals surface area contributed by atoms with E-state index in [0.717, 1.165) is 11.3 Å². The van der Waals surface area contributed by atoms with Crippen molar-refractivity contribution in [3.05, 3.63) is 64.7 Å². The van der Waals surface area contributed by atoms with Gasteiger partial charge in [0.2, 0.25) is 0 Å². The molecule has 0 spiro atoms. The van der Waals surface area contributed by atoms with Gasteiger partial charge in [0.1, 0.15) is 0 Å². The van der Waals surface area contributed by atoms with Crippen LogP contribution in [0.1, 0.15) is 28.4 Å². The molecule has 0 radical (unpaired) electrons. The number of aryl methyl sites for hydroxylation is 2. The molecule has 0 aliphatic heterocycles. The van der Waals surface area contributed by atoms with Gasteiger partial charge in [-0.3, -0.25) is 0 Å². The zero-order valence-electron chi connectivity index (χ0n) is 12.7. The summed E-state index contributed by atoms with van der Waals surface area (Å²) in [6.45, 7) is 4.21. The SMILES string of the molecule is Cc1ccc(CC(O)c2ccc(N(C)C)cc2)cc1C. The summed E-state index contributed by atoms with van der Waals surface area (Å²) in [5.41, 5.74) is 5.86. The second-order valence-electron chi connectivity index (χ2n) is 5.62. The van der Waals surface area contributed by atoms with E-state index in [9.17, 15) is 5.11 Å². The van der Waals surface area contributed by atoms with Gasteiger partial charge in [0.25, 0.3) is 0 Å². The topological polar surface area (TPSA) is 23.5 Å². The Labute approximate surface area is 121 Å². The Hall–Kier alpha value is -1.80. The Balaban J connectivity index is 2.10. The molecule has 1 atom stereocenters. The van der Waals surface area contributed by atoms with Crippen LogP contribution in [0.3, 0.4) is 0 Å². The second kappa shape index (κ2) is 6.10. The summed E-state index contributed by atoms with van der Waals surface area (Å²) < 4.78 is 0. The molecule has 0 bridgehead atoms. The molecule has 2 heteroatoms. The number of aliphatic hydroxyl groups is 1. The maximum Gasteiger partial charge on any atom is 0.0830 e. The van der Waals surface area contributed by atoms with E-state index >= 15 is 0 Å². The van der Waals surface area contributed by atoms with Crippen LogP contribution in [0.25, 0.3) is 0 Å². The third-order valence-corrected chi connectivity index (χ3v) is 3.79. The molecule has 106 valence electrons. The molecule has 1 unspecified atom stereocenters. The number of nitrogens with zero attached hydrogens (tertiary/aromatic N) is 1. The molecule has 2 nitrogen and oxygen atoms in total. The van der Waals surface area contributed by atoms with E-state index in [1.807, 2.05) is 38.4 Å². The van der Waals surface area contributed by atoms with Crippen molar-refractivity contribution in [2.24, 2.45) is 0 Å². The maximum absolute atomic E-state index is 10.4. The number of anilines is 1. The molecule has 0 fully saturated rings. The van der Waals surface area contributed by atoms with Crippen molar-refractivity contribution in [3.63, 3.8) is 0 Å². The Morgan fingerprint density at radius 3 is 2.15 bits per heavy atom. The number of hydrogen-bond donors (Lipinski definition) is 1. The van der Waals surface area contributed by atoms with Crippen LogP contribution >= 0.6 is 0 Å². The zero-order valence-corrected chi connectivity index (χ0v) is 12.7. The van der Waals surface area contributed by atoms with Gasteiger partial charge in [0, 0.05) is 26.2 Å². The van der Waals surface area contributed by atoms with Gasteiger partial charge in [-0.15, -0.1) is 0 Å². The standard InChI is InChI=1S/C18H23NO/c1-13-5-6-15(11-14(13)2)12-18(20)16-7-9-17(10-8-16)19(3)4/h5-11,18,20H,12H2,1-4H3. The molecule has 0 amide bonds. The van der Waals surface area contributed by atoms with E-state index in [1.54, 1.807) is 0 Å². The predicted molar refractivity (Wildman–Crippen MR) is 85.3 cm³/mol. The summed E-state index contributed by atoms with van der Waals surface area (Å²) in [6, 6.07) is 14.5. The first-order chi connectivity index (χ1) is 9.47. The fourth-order valence-electron chi connectivity index (χ4n) is 2.27. The van der Waals surface area contributed by atoms with Crippen LogP contribution in [0, 0.1) is 13.8 Å². The van der Waals surface area contributed by atoms with Crippen molar-refractivity contribution in [3.8, 4) is 0 Å². The molecule has 2 rings (SSSR count). The van der Waals surface area contributed by atoms with Crippen LogP contribution in [0.4, 0.5) is 5.69 Å². The van der Waals surface area contributed by atoms with Crippen LogP contribution in [-0.2, 0) is 6.42 Å². The van der Waals surface area contributed by atoms with Crippen molar-refractivity contribution >= 4 is 5.69 Å². The third-order valence-electron chi connectivity index (χ3n) is 3.79. The first-order valence-electron chi connectivity index (χ1n) is 6.99. The average molecular weight is 269 g/mol. The molecule has 0 saturated heterocycles. The number of benzene rings is 2. The zero-order chi connectivity index (χ0) is 14.7. The van der Waals surface area contributed by atoms with Crippen LogP contribution in [0.2, 0.25) is 0 Å². The minimum absolute atomic E-state index is 0.451. The van der Waals surface area contributed by atoms with Crippen LogP contribution in [0.15, 0.2) is 42.5 Å². The van der Waals surface area contributed by atoms with Gasteiger partial charge in [-0.1, -0.05) is 30.3 Å². The lowest BCUT2D eigenvalue weighted by atomic mass is 9.98. The first-order valence-corrected chi connectivity index (χ1v) is 6.99. The van der Waals surface area contributed by atoms with Gasteiger partial charge in [-0.05, 0) is 48.2 Å². The van der Waals surface area contributed by atoms with Crippen molar-refractivity contribution in [1.29, 1.82) is 0 Å². The van der Waals surface area contributed by atoms with Crippen molar-refractivity contribution in [2.45, 2.75) is 26.4 Å². The molecule has 0 aliphatic carbocycles. The lowest BCUT2D eigenvalue weighted by Gasteiger charge is -2.15. The molecule has 0 aromatic heterocycles. The lowest BCUT2D eigenvalue weighted by molar-refractivity contribution is 0.178. The highest BCUT2D eigenvalue weighted by Crippen LogP contribution is 2.22. The van der Waals surface area contributed by atoms with Gasteiger partial charge >= 0.3 is 0 Å². The molecule has 1 N–H and O–H groups in total. The monoisotopic (exact) mass is 269 g/mol. The number of hydrogen-bond acceptors (Lipinski definition) is 2. The molecule has 0 heterocycles. The largest absolute Gasteiger partial charge is 0.388 e. The molecule has 2 aromatic rings. The molecule has 0 saturated carbocycles. The van der Waals surface area contributed by atoms with Gasteiger partial charge in [-0.2, -0.15) is 0 Å². The highest BCUT2D eigenvalue weighted by molar-refractivity contribution is 5.46. The minimum atomic E-state index is -0.451. The lowest BCUT2D eigenvalue weighted by Crippen LogP contribution is -2.09. The summed E-state index contributed by atoms with van der Waals surface area (Å²) in [5, 5.41) is 10.4. The van der Waals surface area contributed by atoms with E-state index in [1.165, 1.54) is 16.7 Å². The molecule has 0 aliphatic rings. The smallest absolute Gasteiger partial charge is 0.0830 e. The summed E-state index contributed by atoms with van der Waals surface area (Å²) >= 11 is 0. The van der Waals surface area contributed by atoms with Gasteiger partial charge < -0.3 is 10.0 Å². The quantitative estimate of drug-likeness (QED) is 0.916. The Kier molecular flexibility index (Phi) is 4.46. The summed E-state index contributed by atoms with van der Waals surface area (Å²) in [7, 11) is 4.03. The highest BCUT2D eigenvalue weighted by atomic mass is 16.3. The summed E-state index contributed by atoms with van der Waals surface area (Å²) in [6.07, 6.45) is 0.205. The summed E-state index contributed by atoms with van der Waals surface area (Å²) in [4.78, 5) is 2.06. The summed E-state index contributed by atoms with van der Waals surface area (Å²) in [5.74, 6) is 0. The number of rotatable bonds is 4. The fraction of sp³-hybridized carbons (Fsp3) is 0.333. The normalized spacial score (nSPS) is 12.2. The van der Waals surface area contributed by atoms with Crippen molar-refractivity contribution < 1.29 is 5.11 Å². The first kappa shape index (κ1) is 14.6. The second-order valence-corrected chi connectivity index (χ2v) is 5.62. The molecular weight excluding hydrogens is 246 g/mol. The predicted octanol–water partition coefficient (Wildman–Crippen LogP) is 3.65. The van der Waals surface area contributed by atoms with E-state index in [2.05, 4.69) is 36.9 Å². The van der Waals surface area contributed by atoms with Crippen molar-refractivity contribution in [2.75, 3.05) is 19.0 Å². The fourth-order valence-corrected chi connectivity index (χ4v) is 2.27. The van der Waals surface area contributed by atoms with Gasteiger partial charge in [0.15, 0.2) is 0 Å². The highest BCUT2D eigenvalue weighted by Gasteiger charge is 2.09. The van der Waals surface area contributed by atoms with Crippen LogP contribution in [-0.4, -0.2) is 19.2 Å². The average Bonchev–Trinajstić information content (AvgIpc) is 2.43. The van der Waals surface area contributed by atoms with Gasteiger partial charge in [-0.25, -0.2) is 0 Å². The Morgan fingerprint density at radius 2 is 1.60 bits per heavy atom. The minimum Gasteiger partial charge on any atom is -0.388 e. The van der Waals surface area contributed by atoms with Crippen molar-refractivity contribution in [1.82, 2.24) is 0 Å². The number of aliphatic hydroxyl groups excluding tert-OH is 1. The Morgan fingerprint density at radius 1 is 0.950 bits per heavy atom. The maximum atomic E-state index is 10.4. The van der Waals surface area contributed by atoms with E-state index in [0.29, 0.717) is 6.42 Å². The van der Waals surface area contributed by atoms with E-state index in [4.69, 9.17) is 0 Å². The van der Waals surface area contributed by atoms with E-state index < -0.39 is 6.10 Å². The molecular formula is C18H23NO. The van der Waals surface area contributed by atoms with Gasteiger partial charge in [0.05, 0.1) is 6.10 Å². The van der Waals surface area contributed by atoms with Crippen LogP contribution < -0.4 is 4.90 Å². The van der Waals surface area contributed by atoms with Crippen LogP contribution in [0.5, 0.6) is 0 Å². The molecule has 20 heavy (non-hydrogen) atoms.